The number of hydrogen-bond acceptors (Lipinski definition) is 3. The lowest BCUT2D eigenvalue weighted by Gasteiger charge is -2.25. The molecule has 24 heavy (non-hydrogen) atoms. The molecule has 4 nitrogen and oxygen atoms in total. The van der Waals surface area contributed by atoms with Crippen LogP contribution < -0.4 is 4.90 Å². The highest BCUT2D eigenvalue weighted by atomic mass is 19.4. The maximum absolute atomic E-state index is 12.9. The van der Waals surface area contributed by atoms with Crippen molar-refractivity contribution in [3.05, 3.63) is 59.9 Å². The molecular formula is C17H18F3N3O. The van der Waals surface area contributed by atoms with Gasteiger partial charge in [0.2, 0.25) is 0 Å². The number of likely N-dealkylation sites (N-methyl/N-ethyl adjacent to an activating group) is 1. The highest BCUT2D eigenvalue weighted by Crippen LogP contribution is 2.32. The number of rotatable bonds is 5. The lowest BCUT2D eigenvalue weighted by molar-refractivity contribution is -0.137. The molecule has 2 aromatic rings. The zero-order valence-corrected chi connectivity index (χ0v) is 13.4. The van der Waals surface area contributed by atoms with Gasteiger partial charge in [-0.05, 0) is 44.4 Å². The molecule has 0 fully saturated rings. The molecule has 128 valence electrons. The standard InChI is InChI=1S/C17H18F3N3O/c1-22(2)9-10-23(16(24)13-5-4-8-21-12-13)15-7-3-6-14(11-15)17(18,19)20/h3-8,11-12H,9-10H2,1-2H3. The van der Waals surface area contributed by atoms with Crippen molar-refractivity contribution in [2.75, 3.05) is 32.1 Å². The van der Waals surface area contributed by atoms with Crippen LogP contribution in [0.3, 0.4) is 0 Å². The Morgan fingerprint density at radius 2 is 1.88 bits per heavy atom. The van der Waals surface area contributed by atoms with Gasteiger partial charge < -0.3 is 9.80 Å². The Hall–Kier alpha value is -2.41. The predicted molar refractivity (Wildman–Crippen MR) is 85.9 cm³/mol. The Bertz CT molecular complexity index is 687. The average molecular weight is 337 g/mol. The minimum Gasteiger partial charge on any atom is -0.308 e. The largest absolute Gasteiger partial charge is 0.416 e. The number of halogens is 3. The number of carbonyl (C=O) groups excluding carboxylic acids is 1. The number of hydrogen-bond donors (Lipinski definition) is 0. The van der Waals surface area contributed by atoms with Gasteiger partial charge in [-0.1, -0.05) is 6.07 Å². The lowest BCUT2D eigenvalue weighted by Crippen LogP contribution is -2.37. The first-order chi connectivity index (χ1) is 11.3. The summed E-state index contributed by atoms with van der Waals surface area (Å²) >= 11 is 0. The number of aromatic nitrogens is 1. The summed E-state index contributed by atoms with van der Waals surface area (Å²) < 4.78 is 38.8. The molecule has 0 atom stereocenters. The fraction of sp³-hybridized carbons (Fsp3) is 0.294. The van der Waals surface area contributed by atoms with E-state index in [1.165, 1.54) is 29.4 Å². The molecule has 0 spiro atoms. The maximum atomic E-state index is 12.9. The van der Waals surface area contributed by atoms with E-state index in [1.54, 1.807) is 12.1 Å². The number of anilines is 1. The van der Waals surface area contributed by atoms with Crippen LogP contribution in [0.1, 0.15) is 15.9 Å². The van der Waals surface area contributed by atoms with Crippen molar-refractivity contribution in [3.63, 3.8) is 0 Å². The van der Waals surface area contributed by atoms with E-state index in [1.807, 2.05) is 19.0 Å². The molecule has 2 rings (SSSR count). The van der Waals surface area contributed by atoms with Crippen molar-refractivity contribution in [2.24, 2.45) is 0 Å². The molecule has 1 heterocycles. The Balaban J connectivity index is 2.38. The molecule has 0 radical (unpaired) electrons. The van der Waals surface area contributed by atoms with E-state index in [0.717, 1.165) is 12.1 Å². The van der Waals surface area contributed by atoms with Crippen molar-refractivity contribution in [1.29, 1.82) is 0 Å². The van der Waals surface area contributed by atoms with Crippen LogP contribution in [-0.4, -0.2) is 43.0 Å². The summed E-state index contributed by atoms with van der Waals surface area (Å²) in [6.45, 7) is 0.782. The molecule has 0 aliphatic rings. The second-order valence-corrected chi connectivity index (χ2v) is 5.55. The summed E-state index contributed by atoms with van der Waals surface area (Å²) in [7, 11) is 3.66. The quantitative estimate of drug-likeness (QED) is 0.840. The molecule has 0 N–H and O–H groups in total. The van der Waals surface area contributed by atoms with Crippen LogP contribution in [0.25, 0.3) is 0 Å². The molecule has 0 unspecified atom stereocenters. The molecule has 1 amide bonds. The van der Waals surface area contributed by atoms with Crippen molar-refractivity contribution in [1.82, 2.24) is 9.88 Å². The second kappa shape index (κ2) is 7.44. The highest BCUT2D eigenvalue weighted by Gasteiger charge is 2.31. The van der Waals surface area contributed by atoms with Crippen molar-refractivity contribution in [3.8, 4) is 0 Å². The fourth-order valence-electron chi connectivity index (χ4n) is 2.14. The van der Waals surface area contributed by atoms with Crippen LogP contribution in [-0.2, 0) is 6.18 Å². The minimum absolute atomic E-state index is 0.209. The summed E-state index contributed by atoms with van der Waals surface area (Å²) in [4.78, 5) is 19.8. The van der Waals surface area contributed by atoms with E-state index >= 15 is 0 Å². The zero-order valence-electron chi connectivity index (χ0n) is 13.4. The summed E-state index contributed by atoms with van der Waals surface area (Å²) in [5.41, 5.74) is -0.247. The van der Waals surface area contributed by atoms with E-state index < -0.39 is 11.7 Å². The Labute approximate surface area is 138 Å². The first kappa shape index (κ1) is 17.9. The number of benzene rings is 1. The summed E-state index contributed by atoms with van der Waals surface area (Å²) in [6.07, 6.45) is -1.52. The Morgan fingerprint density at radius 3 is 2.46 bits per heavy atom. The summed E-state index contributed by atoms with van der Waals surface area (Å²) in [6, 6.07) is 7.98. The second-order valence-electron chi connectivity index (χ2n) is 5.55. The number of nitrogens with zero attached hydrogens (tertiary/aromatic N) is 3. The van der Waals surface area contributed by atoms with Crippen molar-refractivity contribution < 1.29 is 18.0 Å². The van der Waals surface area contributed by atoms with Gasteiger partial charge in [-0.25, -0.2) is 0 Å². The highest BCUT2D eigenvalue weighted by molar-refractivity contribution is 6.05. The number of pyridine rings is 1. The monoisotopic (exact) mass is 337 g/mol. The van der Waals surface area contributed by atoms with Gasteiger partial charge in [0.1, 0.15) is 0 Å². The number of amides is 1. The SMILES string of the molecule is CN(C)CCN(C(=O)c1cccnc1)c1cccc(C(F)(F)F)c1. The third kappa shape index (κ3) is 4.55. The molecule has 0 bridgehead atoms. The maximum Gasteiger partial charge on any atom is 0.416 e. The topological polar surface area (TPSA) is 36.4 Å². The molecule has 0 saturated heterocycles. The molecule has 0 aliphatic carbocycles. The van der Waals surface area contributed by atoms with Crippen LogP contribution in [0, 0.1) is 0 Å². The number of alkyl halides is 3. The zero-order chi connectivity index (χ0) is 17.7. The van der Waals surface area contributed by atoms with Gasteiger partial charge in [0.15, 0.2) is 0 Å². The van der Waals surface area contributed by atoms with Crippen LogP contribution >= 0.6 is 0 Å². The molecular weight excluding hydrogens is 319 g/mol. The van der Waals surface area contributed by atoms with Crippen LogP contribution in [0.5, 0.6) is 0 Å². The first-order valence-electron chi connectivity index (χ1n) is 7.33. The van der Waals surface area contributed by atoms with E-state index in [-0.39, 0.29) is 18.1 Å². The van der Waals surface area contributed by atoms with Gasteiger partial charge in [0.05, 0.1) is 11.1 Å². The van der Waals surface area contributed by atoms with Crippen LogP contribution in [0.4, 0.5) is 18.9 Å². The summed E-state index contributed by atoms with van der Waals surface area (Å²) in [5.74, 6) is -0.385. The minimum atomic E-state index is -4.46. The smallest absolute Gasteiger partial charge is 0.308 e. The Kier molecular flexibility index (Phi) is 5.56. The van der Waals surface area contributed by atoms with E-state index in [9.17, 15) is 18.0 Å². The molecule has 0 aliphatic heterocycles. The third-order valence-corrected chi connectivity index (χ3v) is 3.41. The fourth-order valence-corrected chi connectivity index (χ4v) is 2.14. The molecule has 1 aromatic carbocycles. The van der Waals surface area contributed by atoms with Gasteiger partial charge in [-0.15, -0.1) is 0 Å². The van der Waals surface area contributed by atoms with Gasteiger partial charge in [0, 0.05) is 31.2 Å². The van der Waals surface area contributed by atoms with Crippen LogP contribution in [0.15, 0.2) is 48.8 Å². The first-order valence-corrected chi connectivity index (χ1v) is 7.33. The number of carbonyl (C=O) groups is 1. The van der Waals surface area contributed by atoms with Gasteiger partial charge in [-0.2, -0.15) is 13.2 Å². The van der Waals surface area contributed by atoms with E-state index in [2.05, 4.69) is 4.98 Å². The lowest BCUT2D eigenvalue weighted by atomic mass is 10.1. The molecule has 1 aromatic heterocycles. The van der Waals surface area contributed by atoms with Gasteiger partial charge in [0.25, 0.3) is 5.91 Å². The normalized spacial score (nSPS) is 11.6. The van der Waals surface area contributed by atoms with Crippen molar-refractivity contribution >= 4 is 11.6 Å². The molecule has 7 heteroatoms. The Morgan fingerprint density at radius 1 is 1.12 bits per heavy atom. The van der Waals surface area contributed by atoms with E-state index in [0.29, 0.717) is 12.1 Å². The third-order valence-electron chi connectivity index (χ3n) is 3.41. The predicted octanol–water partition coefficient (Wildman–Crippen LogP) is 3.31. The van der Waals surface area contributed by atoms with Gasteiger partial charge in [-0.3, -0.25) is 9.78 Å². The van der Waals surface area contributed by atoms with Crippen LogP contribution in [0.2, 0.25) is 0 Å². The van der Waals surface area contributed by atoms with Gasteiger partial charge >= 0.3 is 6.18 Å². The van der Waals surface area contributed by atoms with Crippen molar-refractivity contribution in [2.45, 2.75) is 6.18 Å². The molecule has 0 saturated carbocycles. The van der Waals surface area contributed by atoms with E-state index in [4.69, 9.17) is 0 Å². The average Bonchev–Trinajstić information content (AvgIpc) is 2.55. The summed E-state index contributed by atoms with van der Waals surface area (Å²) in [5, 5.41) is 0.